The van der Waals surface area contributed by atoms with Gasteiger partial charge < -0.3 is 0 Å². The topological polar surface area (TPSA) is 0 Å². The number of benzene rings is 6. The van der Waals surface area contributed by atoms with Crippen molar-refractivity contribution in [1.29, 1.82) is 0 Å². The van der Waals surface area contributed by atoms with Crippen molar-refractivity contribution in [1.82, 2.24) is 0 Å². The van der Waals surface area contributed by atoms with Crippen LogP contribution in [0.15, 0.2) is 146 Å². The Bertz CT molecular complexity index is 2350. The van der Waals surface area contributed by atoms with Crippen LogP contribution in [0.1, 0.15) is 125 Å². The van der Waals surface area contributed by atoms with Crippen LogP contribution in [0.25, 0.3) is 33.4 Å². The maximum absolute atomic E-state index is 2.56. The van der Waals surface area contributed by atoms with Gasteiger partial charge in [-0.05, 0) is 163 Å². The normalized spacial score (nSPS) is 29.4. The van der Waals surface area contributed by atoms with Gasteiger partial charge in [-0.2, -0.15) is 0 Å². The van der Waals surface area contributed by atoms with Crippen LogP contribution in [0.4, 0.5) is 0 Å². The standard InChI is InChI=1S/C57H58/c1-53(2)45-29-31-49(55(53,5)35-45)39-25-21-37(22-26-39)41-13-11-15-43(33-41)57(51-19-9-7-17-47(51)48-18-8-10-20-52(48)57)44-16-12-14-42(34-44)38-23-27-40(28-24-38)50-32-30-46-36-56(50,6)54(46,3)4/h7-28,33-34,45-46,49-50H,29-32,35-36H2,1-6H3/t45-,46+,49?,50?,55+,56-. The Hall–Kier alpha value is -4.68. The Labute approximate surface area is 341 Å². The highest BCUT2D eigenvalue weighted by atomic mass is 14.7. The molecule has 6 fully saturated rings. The fourth-order valence-corrected chi connectivity index (χ4v) is 14.0. The smallest absolute Gasteiger partial charge is 0.0619 e. The summed E-state index contributed by atoms with van der Waals surface area (Å²) in [5, 5.41) is 0. The average Bonchev–Trinajstić information content (AvgIpc) is 3.55. The highest BCUT2D eigenvalue weighted by molar-refractivity contribution is 5.87. The monoisotopic (exact) mass is 742 g/mol. The van der Waals surface area contributed by atoms with E-state index in [-0.39, 0.29) is 0 Å². The zero-order valence-electron chi connectivity index (χ0n) is 34.9. The summed E-state index contributed by atoms with van der Waals surface area (Å²) >= 11 is 0. The molecular formula is C57H58. The predicted molar refractivity (Wildman–Crippen MR) is 239 cm³/mol. The van der Waals surface area contributed by atoms with Crippen LogP contribution in [-0.2, 0) is 5.41 Å². The van der Waals surface area contributed by atoms with E-state index >= 15 is 0 Å². The second-order valence-electron chi connectivity index (χ2n) is 20.6. The summed E-state index contributed by atoms with van der Waals surface area (Å²) in [6.07, 6.45) is 8.14. The molecule has 0 heteroatoms. The lowest BCUT2D eigenvalue weighted by Gasteiger charge is -2.68. The van der Waals surface area contributed by atoms with Gasteiger partial charge in [0.15, 0.2) is 0 Å². The Balaban J connectivity index is 0.999. The zero-order chi connectivity index (χ0) is 39.0. The molecule has 4 bridgehead atoms. The predicted octanol–water partition coefficient (Wildman–Crippen LogP) is 15.2. The minimum absolute atomic E-state index is 0.398. The van der Waals surface area contributed by atoms with Gasteiger partial charge in [0, 0.05) is 0 Å². The SMILES string of the molecule is CC1(C)[C@@H]2CCC(c3ccc(-c4cccc(C5(c6cccc(-c7ccc(C8CC[C@H]9C[C@@]8(C)C9(C)C)cc7)c6)c6ccccc6-c6ccccc65)c4)cc3)[C@]1(C)C2. The molecule has 0 N–H and O–H groups in total. The van der Waals surface area contributed by atoms with Gasteiger partial charge in [0.2, 0.25) is 0 Å². The van der Waals surface area contributed by atoms with Crippen molar-refractivity contribution in [3.05, 3.63) is 179 Å². The van der Waals surface area contributed by atoms with Crippen LogP contribution < -0.4 is 0 Å². The number of fused-ring (bicyclic) bond motifs is 7. The molecule has 2 unspecified atom stereocenters. The molecule has 6 saturated carbocycles. The highest BCUT2D eigenvalue weighted by Gasteiger charge is 2.64. The van der Waals surface area contributed by atoms with Crippen LogP contribution in [0.3, 0.4) is 0 Å². The van der Waals surface area contributed by atoms with Gasteiger partial charge in [0.05, 0.1) is 5.41 Å². The first-order valence-corrected chi connectivity index (χ1v) is 22.1. The summed E-state index contributed by atoms with van der Waals surface area (Å²) in [5.41, 5.74) is 17.4. The third kappa shape index (κ3) is 4.68. The van der Waals surface area contributed by atoms with Crippen molar-refractivity contribution in [3.8, 4) is 33.4 Å². The van der Waals surface area contributed by atoms with E-state index in [0.29, 0.717) is 33.5 Å². The second kappa shape index (κ2) is 12.2. The van der Waals surface area contributed by atoms with Gasteiger partial charge in [0.25, 0.3) is 0 Å². The van der Waals surface area contributed by atoms with Crippen molar-refractivity contribution in [2.45, 2.75) is 97.3 Å². The Kier molecular flexibility index (Phi) is 7.58. The molecule has 6 aromatic rings. The summed E-state index contributed by atoms with van der Waals surface area (Å²) in [6, 6.07) is 56.7. The largest absolute Gasteiger partial charge is 0.0713 e. The third-order valence-corrected chi connectivity index (χ3v) is 18.3. The molecule has 6 atom stereocenters. The lowest BCUT2D eigenvalue weighted by molar-refractivity contribution is -0.163. The van der Waals surface area contributed by atoms with Crippen molar-refractivity contribution < 1.29 is 0 Å². The van der Waals surface area contributed by atoms with Crippen molar-refractivity contribution in [2.75, 3.05) is 0 Å². The van der Waals surface area contributed by atoms with Crippen molar-refractivity contribution in [2.24, 2.45) is 33.5 Å². The number of rotatable bonds is 6. The molecule has 13 rings (SSSR count). The first-order valence-electron chi connectivity index (χ1n) is 22.1. The molecule has 7 aliphatic rings. The zero-order valence-corrected chi connectivity index (χ0v) is 34.9. The highest BCUT2D eigenvalue weighted by Crippen LogP contribution is 2.73. The summed E-state index contributed by atoms with van der Waals surface area (Å²) in [4.78, 5) is 0. The first kappa shape index (κ1) is 35.5. The van der Waals surface area contributed by atoms with E-state index in [1.807, 2.05) is 0 Å². The van der Waals surface area contributed by atoms with Gasteiger partial charge in [-0.1, -0.05) is 175 Å². The molecule has 0 aliphatic heterocycles. The molecule has 57 heavy (non-hydrogen) atoms. The Morgan fingerprint density at radius 1 is 0.386 bits per heavy atom. The van der Waals surface area contributed by atoms with Crippen molar-refractivity contribution >= 4 is 0 Å². The van der Waals surface area contributed by atoms with Gasteiger partial charge in [-0.25, -0.2) is 0 Å². The molecule has 0 nitrogen and oxygen atoms in total. The molecule has 0 spiro atoms. The fourth-order valence-electron chi connectivity index (χ4n) is 14.0. The molecule has 286 valence electrons. The maximum Gasteiger partial charge on any atom is 0.0713 e. The summed E-state index contributed by atoms with van der Waals surface area (Å²) < 4.78 is 0. The van der Waals surface area contributed by atoms with Crippen LogP contribution in [-0.4, -0.2) is 0 Å². The summed E-state index contributed by atoms with van der Waals surface area (Å²) in [7, 11) is 0. The number of hydrogen-bond acceptors (Lipinski definition) is 0. The second-order valence-corrected chi connectivity index (χ2v) is 20.6. The molecule has 6 aromatic carbocycles. The van der Waals surface area contributed by atoms with Crippen LogP contribution in [0.2, 0.25) is 0 Å². The lowest BCUT2D eigenvalue weighted by Crippen LogP contribution is -2.59. The lowest BCUT2D eigenvalue weighted by atomic mass is 9.37. The van der Waals surface area contributed by atoms with E-state index in [1.54, 1.807) is 0 Å². The minimum Gasteiger partial charge on any atom is -0.0619 e. The first-order chi connectivity index (χ1) is 27.5. The molecule has 0 radical (unpaired) electrons. The Morgan fingerprint density at radius 2 is 0.789 bits per heavy atom. The van der Waals surface area contributed by atoms with E-state index in [0.717, 1.165) is 11.8 Å². The molecule has 0 heterocycles. The fraction of sp³-hybridized carbons (Fsp3) is 0.368. The van der Waals surface area contributed by atoms with Gasteiger partial charge in [-0.15, -0.1) is 0 Å². The number of hydrogen-bond donors (Lipinski definition) is 0. The van der Waals surface area contributed by atoms with E-state index in [9.17, 15) is 0 Å². The maximum atomic E-state index is 2.56. The minimum atomic E-state index is -0.453. The van der Waals surface area contributed by atoms with Crippen molar-refractivity contribution in [3.63, 3.8) is 0 Å². The van der Waals surface area contributed by atoms with E-state index in [4.69, 9.17) is 0 Å². The van der Waals surface area contributed by atoms with Gasteiger partial charge in [-0.3, -0.25) is 0 Å². The molecule has 0 amide bonds. The molecular weight excluding hydrogens is 685 g/mol. The molecule has 7 aliphatic carbocycles. The van der Waals surface area contributed by atoms with E-state index in [2.05, 4.69) is 187 Å². The van der Waals surface area contributed by atoms with E-state index in [1.165, 1.54) is 105 Å². The quantitative estimate of drug-likeness (QED) is 0.159. The van der Waals surface area contributed by atoms with Crippen LogP contribution in [0.5, 0.6) is 0 Å². The average molecular weight is 743 g/mol. The Morgan fingerprint density at radius 3 is 1.19 bits per heavy atom. The third-order valence-electron chi connectivity index (χ3n) is 18.3. The van der Waals surface area contributed by atoms with Gasteiger partial charge in [0.1, 0.15) is 0 Å². The van der Waals surface area contributed by atoms with E-state index < -0.39 is 5.41 Å². The summed E-state index contributed by atoms with van der Waals surface area (Å²) in [6.45, 7) is 15.2. The van der Waals surface area contributed by atoms with Gasteiger partial charge >= 0.3 is 0 Å². The molecule has 0 saturated heterocycles. The summed E-state index contributed by atoms with van der Waals surface area (Å²) in [5.74, 6) is 3.08. The molecule has 0 aromatic heterocycles. The van der Waals surface area contributed by atoms with Crippen LogP contribution >= 0.6 is 0 Å². The van der Waals surface area contributed by atoms with Crippen LogP contribution in [0, 0.1) is 33.5 Å².